The van der Waals surface area contributed by atoms with Crippen molar-refractivity contribution in [3.63, 3.8) is 0 Å². The van der Waals surface area contributed by atoms with Gasteiger partial charge in [0.15, 0.2) is 0 Å². The van der Waals surface area contributed by atoms with Crippen molar-refractivity contribution in [3.8, 4) is 5.75 Å². The van der Waals surface area contributed by atoms with Crippen LogP contribution in [0, 0.1) is 13.8 Å². The lowest BCUT2D eigenvalue weighted by Crippen LogP contribution is -2.25. The summed E-state index contributed by atoms with van der Waals surface area (Å²) in [7, 11) is 0. The molecule has 34 heavy (non-hydrogen) atoms. The molecule has 4 aromatic rings. The van der Waals surface area contributed by atoms with Crippen molar-refractivity contribution < 1.29 is 9.53 Å². The first-order chi connectivity index (χ1) is 16.5. The summed E-state index contributed by atoms with van der Waals surface area (Å²) in [5.41, 5.74) is 5.02. The maximum atomic E-state index is 12.6. The van der Waals surface area contributed by atoms with Crippen LogP contribution < -0.4 is 10.1 Å². The van der Waals surface area contributed by atoms with Crippen LogP contribution in [0.1, 0.15) is 40.2 Å². The largest absolute Gasteiger partial charge is 0.494 e. The number of carbonyl (C=O) groups is 1. The van der Waals surface area contributed by atoms with E-state index in [2.05, 4.69) is 16.0 Å². The minimum absolute atomic E-state index is 0.0228. The van der Waals surface area contributed by atoms with Gasteiger partial charge < -0.3 is 14.6 Å². The number of aryl methyl sites for hydroxylation is 4. The van der Waals surface area contributed by atoms with Gasteiger partial charge >= 0.3 is 0 Å². The third-order valence-corrected chi connectivity index (χ3v) is 6.08. The molecule has 1 heterocycles. The first-order valence-electron chi connectivity index (χ1n) is 11.7. The molecule has 1 N–H and O–H groups in total. The molecule has 0 saturated carbocycles. The monoisotopic (exact) mass is 475 g/mol. The van der Waals surface area contributed by atoms with E-state index < -0.39 is 0 Å². The summed E-state index contributed by atoms with van der Waals surface area (Å²) in [6.45, 7) is 6.04. The second-order valence-corrected chi connectivity index (χ2v) is 8.94. The fourth-order valence-electron chi connectivity index (χ4n) is 4.12. The van der Waals surface area contributed by atoms with Crippen molar-refractivity contribution in [3.05, 3.63) is 94.3 Å². The summed E-state index contributed by atoms with van der Waals surface area (Å²) in [5, 5.41) is 3.75. The van der Waals surface area contributed by atoms with Gasteiger partial charge in [-0.15, -0.1) is 0 Å². The topological polar surface area (TPSA) is 56.2 Å². The number of rotatable bonds is 10. The Kier molecular flexibility index (Phi) is 7.86. The zero-order valence-corrected chi connectivity index (χ0v) is 20.4. The molecule has 0 spiro atoms. The minimum atomic E-state index is -0.0228. The third-order valence-electron chi connectivity index (χ3n) is 5.83. The summed E-state index contributed by atoms with van der Waals surface area (Å²) in [6.07, 6.45) is 2.47. The fourth-order valence-corrected chi connectivity index (χ4v) is 4.25. The van der Waals surface area contributed by atoms with Gasteiger partial charge in [-0.25, -0.2) is 4.98 Å². The highest BCUT2D eigenvalue weighted by molar-refractivity contribution is 6.30. The Hall–Kier alpha value is -3.31. The molecule has 0 radical (unpaired) electrons. The molecule has 0 bridgehead atoms. The van der Waals surface area contributed by atoms with Crippen LogP contribution in [0.25, 0.3) is 11.0 Å². The molecule has 0 unspecified atom stereocenters. The molecule has 0 atom stereocenters. The highest BCUT2D eigenvalue weighted by Crippen LogP contribution is 2.19. The van der Waals surface area contributed by atoms with Crippen LogP contribution in [0.3, 0.4) is 0 Å². The minimum Gasteiger partial charge on any atom is -0.494 e. The molecule has 176 valence electrons. The smallest absolute Gasteiger partial charge is 0.251 e. The van der Waals surface area contributed by atoms with E-state index in [0.29, 0.717) is 18.2 Å². The van der Waals surface area contributed by atoms with Crippen LogP contribution >= 0.6 is 11.6 Å². The molecule has 6 heteroatoms. The Labute approximate surface area is 205 Å². The van der Waals surface area contributed by atoms with E-state index in [1.807, 2.05) is 74.5 Å². The third kappa shape index (κ3) is 5.97. The number of hydrogen-bond acceptors (Lipinski definition) is 3. The summed E-state index contributed by atoms with van der Waals surface area (Å²) < 4.78 is 8.13. The number of amides is 1. The van der Waals surface area contributed by atoms with Gasteiger partial charge in [0.2, 0.25) is 0 Å². The second kappa shape index (κ2) is 11.2. The molecule has 0 fully saturated rings. The molecular weight excluding hydrogens is 446 g/mol. The van der Waals surface area contributed by atoms with Crippen LogP contribution in [0.15, 0.2) is 66.7 Å². The van der Waals surface area contributed by atoms with Crippen molar-refractivity contribution in [2.45, 2.75) is 39.7 Å². The predicted octanol–water partition coefficient (Wildman–Crippen LogP) is 6.14. The highest BCUT2D eigenvalue weighted by Gasteiger charge is 2.12. The maximum absolute atomic E-state index is 12.6. The van der Waals surface area contributed by atoms with Crippen molar-refractivity contribution in [1.29, 1.82) is 0 Å². The first kappa shape index (κ1) is 23.8. The zero-order chi connectivity index (χ0) is 23.9. The first-order valence-corrected chi connectivity index (χ1v) is 12.1. The molecule has 0 aliphatic heterocycles. The lowest BCUT2D eigenvalue weighted by molar-refractivity contribution is 0.0952. The average molecular weight is 476 g/mol. The Morgan fingerprint density at radius 3 is 2.62 bits per heavy atom. The van der Waals surface area contributed by atoms with Crippen LogP contribution in [0.5, 0.6) is 5.75 Å². The van der Waals surface area contributed by atoms with Crippen LogP contribution in [0.4, 0.5) is 0 Å². The summed E-state index contributed by atoms with van der Waals surface area (Å²) in [6, 6.07) is 21.5. The molecule has 1 aromatic heterocycles. The van der Waals surface area contributed by atoms with Crippen LogP contribution in [-0.2, 0) is 13.0 Å². The number of para-hydroxylation sites is 2. The van der Waals surface area contributed by atoms with Gasteiger partial charge in [0, 0.05) is 30.1 Å². The van der Waals surface area contributed by atoms with Crippen molar-refractivity contribution in [2.75, 3.05) is 13.2 Å². The van der Waals surface area contributed by atoms with Gasteiger partial charge in [-0.05, 0) is 74.7 Å². The number of fused-ring (bicyclic) bond motifs is 1. The number of carbonyl (C=O) groups excluding carboxylic acids is 1. The number of nitrogens with zero attached hydrogens (tertiary/aromatic N) is 2. The Balaban J connectivity index is 1.33. The van der Waals surface area contributed by atoms with Gasteiger partial charge in [-0.2, -0.15) is 0 Å². The quantitative estimate of drug-likeness (QED) is 0.280. The van der Waals surface area contributed by atoms with Gasteiger partial charge in [0.25, 0.3) is 5.91 Å². The number of hydrogen-bond donors (Lipinski definition) is 1. The normalized spacial score (nSPS) is 11.0. The number of halogens is 1. The molecule has 0 saturated heterocycles. The van der Waals surface area contributed by atoms with E-state index in [1.54, 1.807) is 0 Å². The Morgan fingerprint density at radius 2 is 1.82 bits per heavy atom. The van der Waals surface area contributed by atoms with Crippen LogP contribution in [0.2, 0.25) is 5.02 Å². The van der Waals surface area contributed by atoms with Crippen molar-refractivity contribution in [1.82, 2.24) is 14.9 Å². The zero-order valence-electron chi connectivity index (χ0n) is 19.7. The van der Waals surface area contributed by atoms with Gasteiger partial charge in [0.05, 0.1) is 17.6 Å². The van der Waals surface area contributed by atoms with E-state index in [1.165, 1.54) is 0 Å². The molecule has 4 rings (SSSR count). The molecule has 1 amide bonds. The van der Waals surface area contributed by atoms with Gasteiger partial charge in [-0.3, -0.25) is 4.79 Å². The molecular formula is C28H30ClN3O2. The van der Waals surface area contributed by atoms with Crippen molar-refractivity contribution in [2.24, 2.45) is 0 Å². The summed E-state index contributed by atoms with van der Waals surface area (Å²) in [4.78, 5) is 17.4. The molecule has 3 aromatic carbocycles. The van der Waals surface area contributed by atoms with Gasteiger partial charge in [-0.1, -0.05) is 41.4 Å². The summed E-state index contributed by atoms with van der Waals surface area (Å²) in [5.74, 6) is 1.83. The maximum Gasteiger partial charge on any atom is 0.251 e. The standard InChI is InChI=1S/C28H30ClN3O2/c1-20-10-15-24(21(2)19-20)28(33)30-16-5-9-27-31-25-7-3-4-8-26(25)32(27)17-6-18-34-23-13-11-22(29)12-14-23/h3-4,7-8,10-15,19H,5-6,9,16-18H2,1-2H3,(H,30,33). The SMILES string of the molecule is Cc1ccc(C(=O)NCCCc2nc3ccccc3n2CCCOc2ccc(Cl)cc2)c(C)c1. The van der Waals surface area contributed by atoms with E-state index in [0.717, 1.165) is 65.1 Å². The summed E-state index contributed by atoms with van der Waals surface area (Å²) >= 11 is 5.94. The lowest BCUT2D eigenvalue weighted by atomic mass is 10.1. The Morgan fingerprint density at radius 1 is 1.03 bits per heavy atom. The average Bonchev–Trinajstić information content (AvgIpc) is 3.18. The number of imidazole rings is 1. The second-order valence-electron chi connectivity index (χ2n) is 8.50. The van der Waals surface area contributed by atoms with Crippen LogP contribution in [-0.4, -0.2) is 28.6 Å². The van der Waals surface area contributed by atoms with E-state index in [-0.39, 0.29) is 5.91 Å². The molecule has 0 aliphatic carbocycles. The van der Waals surface area contributed by atoms with Crippen molar-refractivity contribution >= 4 is 28.5 Å². The highest BCUT2D eigenvalue weighted by atomic mass is 35.5. The lowest BCUT2D eigenvalue weighted by Gasteiger charge is -2.11. The fraction of sp³-hybridized carbons (Fsp3) is 0.286. The molecule has 5 nitrogen and oxygen atoms in total. The molecule has 0 aliphatic rings. The number of benzene rings is 3. The number of nitrogens with one attached hydrogen (secondary N) is 1. The number of ether oxygens (including phenoxy) is 1. The van der Waals surface area contributed by atoms with E-state index >= 15 is 0 Å². The number of aromatic nitrogens is 2. The van der Waals surface area contributed by atoms with E-state index in [4.69, 9.17) is 21.3 Å². The Bertz CT molecular complexity index is 1260. The predicted molar refractivity (Wildman–Crippen MR) is 138 cm³/mol. The van der Waals surface area contributed by atoms with Gasteiger partial charge in [0.1, 0.15) is 11.6 Å². The van der Waals surface area contributed by atoms with E-state index in [9.17, 15) is 4.79 Å².